The average Bonchev–Trinajstić information content (AvgIpc) is 3.13. The van der Waals surface area contributed by atoms with Crippen LogP contribution >= 0.6 is 8.69 Å². The van der Waals surface area contributed by atoms with E-state index in [1.165, 1.54) is 193 Å². The molecule has 1 aromatic rings. The molecule has 0 aliphatic heterocycles. The van der Waals surface area contributed by atoms with Crippen LogP contribution in [0.25, 0.3) is 0 Å². The topological polar surface area (TPSA) is 46.5 Å². The van der Waals surface area contributed by atoms with Crippen LogP contribution in [0.5, 0.6) is 5.75 Å². The van der Waals surface area contributed by atoms with Gasteiger partial charge in [-0.15, -0.1) is 0 Å². The zero-order valence-electron chi connectivity index (χ0n) is 38.5. The standard InChI is InChI=1S/C51H97O3P/c1-9-11-13-15-17-19-21-23-25-27-29-31-33-35-37-39-41-51(54-55-53,45-43-46(49(3,4)5)48(52)47(44-45)50(6,7)8)42-40-38-36-34-32-30-28-26-24-22-20-18-16-14-12-10-2/h43-44,52H,9-42,55H2,1-8H3. The third-order valence-corrected chi connectivity index (χ3v) is 12.9. The average molecular weight is 789 g/mol. The summed E-state index contributed by atoms with van der Waals surface area (Å²) in [4.78, 5) is 0. The second-order valence-corrected chi connectivity index (χ2v) is 20.2. The van der Waals surface area contributed by atoms with Crippen molar-refractivity contribution in [2.45, 2.75) is 290 Å². The number of hydrogen-bond acceptors (Lipinski definition) is 3. The van der Waals surface area contributed by atoms with E-state index in [-0.39, 0.29) is 10.8 Å². The Balaban J connectivity index is 2.69. The van der Waals surface area contributed by atoms with Crippen LogP contribution in [0.2, 0.25) is 0 Å². The first-order valence-electron chi connectivity index (χ1n) is 24.4. The molecule has 0 amide bonds. The van der Waals surface area contributed by atoms with E-state index in [0.717, 1.165) is 42.4 Å². The highest BCUT2D eigenvalue weighted by atomic mass is 31.1. The zero-order valence-corrected chi connectivity index (χ0v) is 39.7. The quantitative estimate of drug-likeness (QED) is 0.0539. The van der Waals surface area contributed by atoms with Gasteiger partial charge in [0, 0.05) is 0 Å². The van der Waals surface area contributed by atoms with Crippen LogP contribution in [0.4, 0.5) is 0 Å². The van der Waals surface area contributed by atoms with Crippen molar-refractivity contribution in [1.29, 1.82) is 0 Å². The van der Waals surface area contributed by atoms with E-state index >= 15 is 0 Å². The van der Waals surface area contributed by atoms with Crippen LogP contribution in [-0.4, -0.2) is 5.11 Å². The van der Waals surface area contributed by atoms with E-state index in [0.29, 0.717) is 5.75 Å². The number of aromatic hydroxyl groups is 1. The smallest absolute Gasteiger partial charge is 0.180 e. The van der Waals surface area contributed by atoms with Gasteiger partial charge in [-0.3, -0.25) is 4.57 Å². The van der Waals surface area contributed by atoms with Gasteiger partial charge in [0.1, 0.15) is 11.4 Å². The number of rotatable bonds is 37. The minimum atomic E-state index is -1.34. The summed E-state index contributed by atoms with van der Waals surface area (Å²) < 4.78 is 19.0. The van der Waals surface area contributed by atoms with E-state index < -0.39 is 14.3 Å². The van der Waals surface area contributed by atoms with Crippen LogP contribution in [0.3, 0.4) is 0 Å². The number of phenolic OH excluding ortho intramolecular Hbond substituents is 1. The maximum absolute atomic E-state index is 12.5. The minimum Gasteiger partial charge on any atom is -0.507 e. The van der Waals surface area contributed by atoms with Crippen molar-refractivity contribution in [3.05, 3.63) is 28.8 Å². The van der Waals surface area contributed by atoms with Crippen molar-refractivity contribution in [2.24, 2.45) is 0 Å². The fraction of sp³-hybridized carbons (Fsp3) is 0.882. The largest absolute Gasteiger partial charge is 0.507 e. The molecule has 324 valence electrons. The molecule has 3 nitrogen and oxygen atoms in total. The molecule has 0 radical (unpaired) electrons. The predicted octanol–water partition coefficient (Wildman–Crippen LogP) is 18.2. The molecule has 0 saturated heterocycles. The van der Waals surface area contributed by atoms with Gasteiger partial charge in [0.15, 0.2) is 8.69 Å². The van der Waals surface area contributed by atoms with Gasteiger partial charge in [0.25, 0.3) is 0 Å². The van der Waals surface area contributed by atoms with E-state index in [4.69, 9.17) is 4.52 Å². The molecule has 0 bridgehead atoms. The molecule has 0 aromatic heterocycles. The lowest BCUT2D eigenvalue weighted by Crippen LogP contribution is -2.29. The molecule has 1 aromatic carbocycles. The molecule has 4 heteroatoms. The van der Waals surface area contributed by atoms with Gasteiger partial charge >= 0.3 is 0 Å². The first-order valence-corrected chi connectivity index (χ1v) is 25.4. The first-order chi connectivity index (χ1) is 26.4. The van der Waals surface area contributed by atoms with Crippen molar-refractivity contribution in [3.63, 3.8) is 0 Å². The highest BCUT2D eigenvalue weighted by molar-refractivity contribution is 7.17. The van der Waals surface area contributed by atoms with E-state index in [9.17, 15) is 9.67 Å². The van der Waals surface area contributed by atoms with Crippen molar-refractivity contribution >= 4 is 8.69 Å². The van der Waals surface area contributed by atoms with Crippen LogP contribution in [0.15, 0.2) is 12.1 Å². The number of benzene rings is 1. The molecule has 55 heavy (non-hydrogen) atoms. The van der Waals surface area contributed by atoms with Crippen LogP contribution in [-0.2, 0) is 25.5 Å². The lowest BCUT2D eigenvalue weighted by atomic mass is 9.74. The Kier molecular flexibility index (Phi) is 30.5. The summed E-state index contributed by atoms with van der Waals surface area (Å²) in [6.45, 7) is 17.7. The maximum Gasteiger partial charge on any atom is 0.180 e. The molecular formula is C51H97O3P. The second kappa shape index (κ2) is 32.1. The number of phenols is 1. The summed E-state index contributed by atoms with van der Waals surface area (Å²) in [5, 5.41) is 11.5. The highest BCUT2D eigenvalue weighted by Gasteiger charge is 2.36. The fourth-order valence-corrected chi connectivity index (χ4v) is 9.21. The molecule has 1 N–H and O–H groups in total. The summed E-state index contributed by atoms with van der Waals surface area (Å²) in [6.07, 6.45) is 45.3. The molecule has 0 spiro atoms. The minimum absolute atomic E-state index is 0.210. The van der Waals surface area contributed by atoms with Gasteiger partial charge in [-0.1, -0.05) is 261 Å². The molecule has 0 aliphatic carbocycles. The van der Waals surface area contributed by atoms with Crippen molar-refractivity contribution < 1.29 is 14.2 Å². The summed E-state index contributed by atoms with van der Waals surface area (Å²) >= 11 is 0. The Bertz CT molecular complexity index is 980. The lowest BCUT2D eigenvalue weighted by Gasteiger charge is -2.36. The van der Waals surface area contributed by atoms with Crippen molar-refractivity contribution in [3.8, 4) is 5.75 Å². The molecule has 0 fully saturated rings. The molecule has 1 unspecified atom stereocenters. The predicted molar refractivity (Wildman–Crippen MR) is 247 cm³/mol. The van der Waals surface area contributed by atoms with Gasteiger partial charge in [-0.25, -0.2) is 0 Å². The van der Waals surface area contributed by atoms with E-state index in [1.807, 2.05) is 0 Å². The molecule has 1 rings (SSSR count). The van der Waals surface area contributed by atoms with Crippen LogP contribution < -0.4 is 0 Å². The summed E-state index contributed by atoms with van der Waals surface area (Å²) in [5.74, 6) is 0.414. The normalized spacial score (nSPS) is 12.8. The van der Waals surface area contributed by atoms with Gasteiger partial charge in [0.05, 0.1) is 0 Å². The molecule has 0 aliphatic rings. The second-order valence-electron chi connectivity index (χ2n) is 19.7. The summed E-state index contributed by atoms with van der Waals surface area (Å²) in [5.41, 5.74) is 2.10. The van der Waals surface area contributed by atoms with E-state index in [2.05, 4.69) is 67.5 Å². The Morgan fingerprint density at radius 3 is 0.891 bits per heavy atom. The number of unbranched alkanes of at least 4 members (excludes halogenated alkanes) is 30. The highest BCUT2D eigenvalue weighted by Crippen LogP contribution is 2.46. The summed E-state index contributed by atoms with van der Waals surface area (Å²) in [7, 11) is -1.34. The molecule has 0 saturated carbocycles. The van der Waals surface area contributed by atoms with E-state index in [1.54, 1.807) is 0 Å². The monoisotopic (exact) mass is 789 g/mol. The van der Waals surface area contributed by atoms with Crippen LogP contribution in [0, 0.1) is 0 Å². The molecule has 0 heterocycles. The van der Waals surface area contributed by atoms with Gasteiger partial charge < -0.3 is 9.63 Å². The van der Waals surface area contributed by atoms with Gasteiger partial charge in [-0.2, -0.15) is 0 Å². The first kappa shape index (κ1) is 52.2. The Morgan fingerprint density at radius 1 is 0.436 bits per heavy atom. The van der Waals surface area contributed by atoms with Gasteiger partial charge in [0.2, 0.25) is 0 Å². The third kappa shape index (κ3) is 24.7. The SMILES string of the molecule is CCCCCCCCCCCCCCCCCCC(CCCCCCCCCCCCCCCCCC)(O[PH2]=O)c1cc(C(C)(C)C)c(O)c(C(C)(C)C)c1. The number of hydrogen-bond donors (Lipinski definition) is 1. The maximum atomic E-state index is 12.5. The lowest BCUT2D eigenvalue weighted by molar-refractivity contribution is 0.0553. The van der Waals surface area contributed by atoms with Crippen LogP contribution in [0.1, 0.15) is 290 Å². The molecular weight excluding hydrogens is 692 g/mol. The Hall–Kier alpha value is -0.790. The van der Waals surface area contributed by atoms with Crippen molar-refractivity contribution in [1.82, 2.24) is 0 Å². The Labute approximate surface area is 346 Å². The molecule has 1 atom stereocenters. The third-order valence-electron chi connectivity index (χ3n) is 12.4. The van der Waals surface area contributed by atoms with Gasteiger partial charge in [-0.05, 0) is 52.5 Å². The summed E-state index contributed by atoms with van der Waals surface area (Å²) in [6, 6.07) is 4.41. The fourth-order valence-electron chi connectivity index (χ4n) is 8.65. The zero-order chi connectivity index (χ0) is 40.7. The van der Waals surface area contributed by atoms with Crippen molar-refractivity contribution in [2.75, 3.05) is 0 Å². The Morgan fingerprint density at radius 2 is 0.673 bits per heavy atom.